The van der Waals surface area contributed by atoms with Crippen LogP contribution in [0.15, 0.2) is 0 Å². The molecule has 0 radical (unpaired) electrons. The van der Waals surface area contributed by atoms with Gasteiger partial charge in [-0.2, -0.15) is 0 Å². The van der Waals surface area contributed by atoms with E-state index in [0.29, 0.717) is 0 Å². The lowest BCUT2D eigenvalue weighted by atomic mass is 9.75. The minimum Gasteiger partial charge on any atom is -0.393 e. The van der Waals surface area contributed by atoms with Gasteiger partial charge in [0, 0.05) is 0 Å². The zero-order chi connectivity index (χ0) is 8.39. The van der Waals surface area contributed by atoms with E-state index in [0.717, 1.165) is 24.7 Å². The summed E-state index contributed by atoms with van der Waals surface area (Å²) in [5.74, 6) is 1.84. The average molecular weight is 168 g/mol. The largest absolute Gasteiger partial charge is 0.393 e. The van der Waals surface area contributed by atoms with E-state index in [2.05, 4.69) is 0 Å². The van der Waals surface area contributed by atoms with Crippen molar-refractivity contribution in [2.75, 3.05) is 0 Å². The number of aliphatic hydroxyl groups excluding tert-OH is 1. The Morgan fingerprint density at radius 2 is 1.50 bits per heavy atom. The molecular formula is C11H20O. The van der Waals surface area contributed by atoms with Crippen molar-refractivity contribution < 1.29 is 5.11 Å². The van der Waals surface area contributed by atoms with E-state index < -0.39 is 0 Å². The monoisotopic (exact) mass is 168 g/mol. The first-order valence-electron chi connectivity index (χ1n) is 5.54. The van der Waals surface area contributed by atoms with E-state index in [4.69, 9.17) is 0 Å². The maximum absolute atomic E-state index is 9.54. The molecule has 0 bridgehead atoms. The third-order valence-corrected chi connectivity index (χ3v) is 3.76. The van der Waals surface area contributed by atoms with Crippen LogP contribution < -0.4 is 0 Å². The molecule has 3 atom stereocenters. The predicted octanol–water partition coefficient (Wildman–Crippen LogP) is 2.73. The van der Waals surface area contributed by atoms with Gasteiger partial charge in [-0.15, -0.1) is 0 Å². The maximum Gasteiger partial charge on any atom is 0.0543 e. The zero-order valence-corrected chi connectivity index (χ0v) is 7.84. The zero-order valence-electron chi connectivity index (χ0n) is 7.84. The van der Waals surface area contributed by atoms with Gasteiger partial charge in [0.15, 0.2) is 0 Å². The lowest BCUT2D eigenvalue weighted by Crippen LogP contribution is -2.26. The molecular weight excluding hydrogens is 148 g/mol. The Morgan fingerprint density at radius 3 is 2.33 bits per heavy atom. The molecule has 0 heterocycles. The fraction of sp³-hybridized carbons (Fsp3) is 1.00. The van der Waals surface area contributed by atoms with Crippen molar-refractivity contribution in [2.45, 2.75) is 57.5 Å². The van der Waals surface area contributed by atoms with Crippen LogP contribution in [0, 0.1) is 11.8 Å². The summed E-state index contributed by atoms with van der Waals surface area (Å²) < 4.78 is 0. The van der Waals surface area contributed by atoms with Gasteiger partial charge in [0.2, 0.25) is 0 Å². The first-order chi connectivity index (χ1) is 5.86. The molecule has 70 valence electrons. The first kappa shape index (κ1) is 8.55. The molecule has 1 heteroatoms. The summed E-state index contributed by atoms with van der Waals surface area (Å²) in [5.41, 5.74) is 0. The van der Waals surface area contributed by atoms with Gasteiger partial charge in [-0.3, -0.25) is 0 Å². The molecule has 2 aliphatic carbocycles. The van der Waals surface area contributed by atoms with Crippen LogP contribution in [0.5, 0.6) is 0 Å². The highest BCUT2D eigenvalue weighted by molar-refractivity contribution is 4.81. The van der Waals surface area contributed by atoms with Gasteiger partial charge in [0.1, 0.15) is 0 Å². The Kier molecular flexibility index (Phi) is 2.69. The van der Waals surface area contributed by atoms with Crippen molar-refractivity contribution in [3.8, 4) is 0 Å². The van der Waals surface area contributed by atoms with Crippen molar-refractivity contribution in [3.05, 3.63) is 0 Å². The van der Waals surface area contributed by atoms with E-state index in [-0.39, 0.29) is 6.10 Å². The van der Waals surface area contributed by atoms with Crippen molar-refractivity contribution in [1.82, 2.24) is 0 Å². The fourth-order valence-corrected chi connectivity index (χ4v) is 3.03. The summed E-state index contributed by atoms with van der Waals surface area (Å²) in [6.45, 7) is 0. The summed E-state index contributed by atoms with van der Waals surface area (Å²) in [4.78, 5) is 0. The number of hydrogen-bond acceptors (Lipinski definition) is 1. The topological polar surface area (TPSA) is 20.2 Å². The molecule has 12 heavy (non-hydrogen) atoms. The van der Waals surface area contributed by atoms with Crippen molar-refractivity contribution >= 4 is 0 Å². The van der Waals surface area contributed by atoms with Crippen LogP contribution in [0.3, 0.4) is 0 Å². The van der Waals surface area contributed by atoms with Crippen LogP contribution >= 0.6 is 0 Å². The van der Waals surface area contributed by atoms with Crippen LogP contribution in [0.4, 0.5) is 0 Å². The molecule has 2 rings (SSSR count). The number of fused-ring (bicyclic) bond motifs is 1. The Labute approximate surface area is 75.2 Å². The summed E-state index contributed by atoms with van der Waals surface area (Å²) in [5, 5.41) is 9.54. The Bertz CT molecular complexity index is 144. The van der Waals surface area contributed by atoms with E-state index >= 15 is 0 Å². The number of rotatable bonds is 0. The van der Waals surface area contributed by atoms with Crippen molar-refractivity contribution in [3.63, 3.8) is 0 Å². The molecule has 1 nitrogen and oxygen atoms in total. The third-order valence-electron chi connectivity index (χ3n) is 3.76. The second-order valence-electron chi connectivity index (χ2n) is 4.63. The predicted molar refractivity (Wildman–Crippen MR) is 49.9 cm³/mol. The molecule has 1 N–H and O–H groups in total. The maximum atomic E-state index is 9.54. The average Bonchev–Trinajstić information content (AvgIpc) is 2.28. The van der Waals surface area contributed by atoms with Crippen molar-refractivity contribution in [2.24, 2.45) is 11.8 Å². The Hall–Kier alpha value is -0.0400. The highest BCUT2D eigenvalue weighted by Crippen LogP contribution is 2.39. The minimum atomic E-state index is 0.0318. The normalized spacial score (nSPS) is 43.2. The van der Waals surface area contributed by atoms with Crippen LogP contribution in [-0.2, 0) is 0 Å². The molecule has 0 aromatic carbocycles. The van der Waals surface area contributed by atoms with Crippen LogP contribution in [0.2, 0.25) is 0 Å². The molecule has 0 aliphatic heterocycles. The third kappa shape index (κ3) is 1.82. The smallest absolute Gasteiger partial charge is 0.0543 e. The molecule has 0 aromatic rings. The molecule has 0 amide bonds. The van der Waals surface area contributed by atoms with E-state index in [1.807, 2.05) is 0 Å². The molecule has 0 saturated heterocycles. The van der Waals surface area contributed by atoms with E-state index in [9.17, 15) is 5.11 Å². The fourth-order valence-electron chi connectivity index (χ4n) is 3.03. The van der Waals surface area contributed by atoms with Gasteiger partial charge >= 0.3 is 0 Å². The molecule has 2 saturated carbocycles. The molecule has 0 aromatic heterocycles. The SMILES string of the molecule is O[C@H]1CC[C@H]2CCCCC[C@@H]2C1. The molecule has 2 aliphatic rings. The van der Waals surface area contributed by atoms with Gasteiger partial charge in [-0.25, -0.2) is 0 Å². The first-order valence-corrected chi connectivity index (χ1v) is 5.54. The van der Waals surface area contributed by atoms with Crippen molar-refractivity contribution in [1.29, 1.82) is 0 Å². The van der Waals surface area contributed by atoms with Crippen LogP contribution in [-0.4, -0.2) is 11.2 Å². The second-order valence-corrected chi connectivity index (χ2v) is 4.63. The lowest BCUT2D eigenvalue weighted by Gasteiger charge is -2.32. The van der Waals surface area contributed by atoms with Gasteiger partial charge in [0.05, 0.1) is 6.10 Å². The van der Waals surface area contributed by atoms with Gasteiger partial charge in [-0.1, -0.05) is 32.1 Å². The lowest BCUT2D eigenvalue weighted by molar-refractivity contribution is 0.0656. The number of hydrogen-bond donors (Lipinski definition) is 1. The van der Waals surface area contributed by atoms with E-state index in [1.54, 1.807) is 0 Å². The van der Waals surface area contributed by atoms with Crippen LogP contribution in [0.1, 0.15) is 51.4 Å². The summed E-state index contributed by atoms with van der Waals surface area (Å²) in [6.07, 6.45) is 10.6. The Balaban J connectivity index is 1.94. The van der Waals surface area contributed by atoms with Gasteiger partial charge in [0.25, 0.3) is 0 Å². The second kappa shape index (κ2) is 3.78. The quantitative estimate of drug-likeness (QED) is 0.589. The summed E-state index contributed by atoms with van der Waals surface area (Å²) >= 11 is 0. The van der Waals surface area contributed by atoms with Gasteiger partial charge < -0.3 is 5.11 Å². The molecule has 0 unspecified atom stereocenters. The van der Waals surface area contributed by atoms with Gasteiger partial charge in [-0.05, 0) is 31.1 Å². The molecule has 2 fully saturated rings. The standard InChI is InChI=1S/C11H20O/c12-11-7-6-9-4-2-1-3-5-10(9)8-11/h9-12H,1-8H2/t9-,10-,11+/m1/s1. The summed E-state index contributed by atoms with van der Waals surface area (Å²) in [6, 6.07) is 0. The highest BCUT2D eigenvalue weighted by atomic mass is 16.3. The molecule has 0 spiro atoms. The summed E-state index contributed by atoms with van der Waals surface area (Å²) in [7, 11) is 0. The Morgan fingerprint density at radius 1 is 0.750 bits per heavy atom. The minimum absolute atomic E-state index is 0.0318. The van der Waals surface area contributed by atoms with E-state index in [1.165, 1.54) is 38.5 Å². The highest BCUT2D eigenvalue weighted by Gasteiger charge is 2.29. The number of aliphatic hydroxyl groups is 1. The van der Waals surface area contributed by atoms with Crippen LogP contribution in [0.25, 0.3) is 0 Å².